The average Bonchev–Trinajstić information content (AvgIpc) is 2.72. The van der Waals surface area contributed by atoms with E-state index < -0.39 is 0 Å². The van der Waals surface area contributed by atoms with E-state index in [-0.39, 0.29) is 5.82 Å². The predicted octanol–water partition coefficient (Wildman–Crippen LogP) is 3.38. The van der Waals surface area contributed by atoms with Crippen LogP contribution in [0.1, 0.15) is 12.5 Å². The summed E-state index contributed by atoms with van der Waals surface area (Å²) < 4.78 is 25.0. The van der Waals surface area contributed by atoms with Crippen LogP contribution in [0.2, 0.25) is 0 Å². The van der Waals surface area contributed by atoms with Gasteiger partial charge in [0.15, 0.2) is 5.11 Å². The number of hydrazone groups is 1. The Morgan fingerprint density at radius 3 is 2.71 bits per heavy atom. The van der Waals surface area contributed by atoms with Crippen LogP contribution in [0, 0.1) is 5.82 Å². The van der Waals surface area contributed by atoms with Gasteiger partial charge in [-0.25, -0.2) is 4.39 Å². The zero-order chi connectivity index (χ0) is 19.9. The summed E-state index contributed by atoms with van der Waals surface area (Å²) >= 11 is 5.25. The minimum atomic E-state index is -0.272. The molecule has 1 aliphatic rings. The monoisotopic (exact) mass is 402 g/mol. The molecular formula is C20H23FN4O2S. The number of methoxy groups -OCH3 is 1. The summed E-state index contributed by atoms with van der Waals surface area (Å²) in [5, 5.41) is 7.61. The summed E-state index contributed by atoms with van der Waals surface area (Å²) in [5.74, 6) is 0.453. The second kappa shape index (κ2) is 9.48. The molecule has 1 heterocycles. The van der Waals surface area contributed by atoms with E-state index in [1.807, 2.05) is 35.2 Å². The Balaban J connectivity index is 1.62. The van der Waals surface area contributed by atoms with E-state index in [1.54, 1.807) is 20.1 Å². The van der Waals surface area contributed by atoms with Gasteiger partial charge in [-0.1, -0.05) is 12.1 Å². The van der Waals surface area contributed by atoms with Crippen LogP contribution in [0.15, 0.2) is 47.6 Å². The lowest BCUT2D eigenvalue weighted by Gasteiger charge is -2.29. The fourth-order valence-corrected chi connectivity index (χ4v) is 3.02. The molecule has 28 heavy (non-hydrogen) atoms. The third-order valence-electron chi connectivity index (χ3n) is 4.37. The van der Waals surface area contributed by atoms with Crippen molar-refractivity contribution in [1.29, 1.82) is 0 Å². The summed E-state index contributed by atoms with van der Waals surface area (Å²) in [6.07, 6.45) is 0. The molecule has 2 N–H and O–H groups in total. The largest absolute Gasteiger partial charge is 0.497 e. The molecule has 0 radical (unpaired) electrons. The highest BCUT2D eigenvalue weighted by atomic mass is 32.1. The number of rotatable bonds is 5. The Labute approximate surface area is 169 Å². The smallest absolute Gasteiger partial charge is 0.191 e. The van der Waals surface area contributed by atoms with Gasteiger partial charge in [0.05, 0.1) is 31.7 Å². The number of hydrogen-bond acceptors (Lipinski definition) is 5. The first-order chi connectivity index (χ1) is 13.6. The van der Waals surface area contributed by atoms with E-state index >= 15 is 0 Å². The third-order valence-corrected chi connectivity index (χ3v) is 4.56. The van der Waals surface area contributed by atoms with Crippen LogP contribution >= 0.6 is 12.2 Å². The first kappa shape index (κ1) is 20.0. The van der Waals surface area contributed by atoms with Crippen LogP contribution in [-0.2, 0) is 4.74 Å². The summed E-state index contributed by atoms with van der Waals surface area (Å²) in [5.41, 5.74) is 5.46. The van der Waals surface area contributed by atoms with Crippen molar-refractivity contribution in [2.75, 3.05) is 43.6 Å². The molecule has 2 aromatic rings. The van der Waals surface area contributed by atoms with Crippen LogP contribution in [-0.4, -0.2) is 44.2 Å². The molecule has 1 aliphatic heterocycles. The van der Waals surface area contributed by atoms with Gasteiger partial charge in [-0.05, 0) is 43.4 Å². The van der Waals surface area contributed by atoms with Gasteiger partial charge in [-0.15, -0.1) is 0 Å². The molecule has 0 amide bonds. The molecule has 0 aliphatic carbocycles. The first-order valence-electron chi connectivity index (χ1n) is 8.95. The molecule has 0 unspecified atom stereocenters. The highest BCUT2D eigenvalue weighted by molar-refractivity contribution is 7.80. The molecule has 3 rings (SSSR count). The molecule has 0 atom stereocenters. The van der Waals surface area contributed by atoms with Crippen molar-refractivity contribution in [1.82, 2.24) is 5.43 Å². The summed E-state index contributed by atoms with van der Waals surface area (Å²) in [4.78, 5) is 1.99. The summed E-state index contributed by atoms with van der Waals surface area (Å²) in [6, 6.07) is 12.5. The second-order valence-electron chi connectivity index (χ2n) is 6.26. The molecule has 0 aromatic heterocycles. The Morgan fingerprint density at radius 2 is 2.00 bits per heavy atom. The van der Waals surface area contributed by atoms with Crippen LogP contribution < -0.4 is 20.4 Å². The van der Waals surface area contributed by atoms with Crippen molar-refractivity contribution in [2.45, 2.75) is 6.92 Å². The number of anilines is 2. The molecular weight excluding hydrogens is 379 g/mol. The number of ether oxygens (including phenoxy) is 2. The van der Waals surface area contributed by atoms with Crippen LogP contribution in [0.3, 0.4) is 0 Å². The molecule has 1 saturated heterocycles. The minimum absolute atomic E-state index is 0.272. The van der Waals surface area contributed by atoms with Crippen molar-refractivity contribution in [3.05, 3.63) is 53.8 Å². The SMILES string of the molecule is COc1cccc(NC(=S)N/N=C(/C)c2ccc(N3CCOCC3)c(F)c2)c1. The highest BCUT2D eigenvalue weighted by Crippen LogP contribution is 2.22. The maximum absolute atomic E-state index is 14.5. The maximum atomic E-state index is 14.5. The third kappa shape index (κ3) is 5.17. The lowest BCUT2D eigenvalue weighted by Crippen LogP contribution is -2.36. The van der Waals surface area contributed by atoms with Crippen LogP contribution in [0.25, 0.3) is 0 Å². The van der Waals surface area contributed by atoms with Crippen molar-refractivity contribution in [3.63, 3.8) is 0 Å². The topological polar surface area (TPSA) is 58.1 Å². The standard InChI is InChI=1S/C20H23FN4O2S/c1-14(23-24-20(28)22-16-4-3-5-17(13-16)26-2)15-6-7-19(18(21)12-15)25-8-10-27-11-9-25/h3-7,12-13H,8-11H2,1-2H3,(H2,22,24,28)/b23-14-. The zero-order valence-electron chi connectivity index (χ0n) is 15.9. The number of morpholine rings is 1. The van der Waals surface area contributed by atoms with Crippen molar-refractivity contribution < 1.29 is 13.9 Å². The molecule has 6 nitrogen and oxygen atoms in total. The molecule has 0 bridgehead atoms. The molecule has 1 fully saturated rings. The number of nitrogens with zero attached hydrogens (tertiary/aromatic N) is 2. The second-order valence-corrected chi connectivity index (χ2v) is 6.67. The number of halogens is 1. The molecule has 0 saturated carbocycles. The Hall–Kier alpha value is -2.71. The normalized spacial score (nSPS) is 14.5. The van der Waals surface area contributed by atoms with E-state index in [1.165, 1.54) is 6.07 Å². The fourth-order valence-electron chi connectivity index (χ4n) is 2.85. The van der Waals surface area contributed by atoms with Gasteiger partial charge in [-0.2, -0.15) is 5.10 Å². The Morgan fingerprint density at radius 1 is 1.21 bits per heavy atom. The van der Waals surface area contributed by atoms with Gasteiger partial charge in [0, 0.05) is 30.4 Å². The zero-order valence-corrected chi connectivity index (χ0v) is 16.7. The van der Waals surface area contributed by atoms with Crippen LogP contribution in [0.4, 0.5) is 15.8 Å². The first-order valence-corrected chi connectivity index (χ1v) is 9.35. The molecule has 2 aromatic carbocycles. The summed E-state index contributed by atoms with van der Waals surface area (Å²) in [6.45, 7) is 4.40. The minimum Gasteiger partial charge on any atom is -0.497 e. The van der Waals surface area contributed by atoms with Gasteiger partial charge in [0.25, 0.3) is 0 Å². The summed E-state index contributed by atoms with van der Waals surface area (Å²) in [7, 11) is 1.60. The molecule has 0 spiro atoms. The highest BCUT2D eigenvalue weighted by Gasteiger charge is 2.15. The Bertz CT molecular complexity index is 869. The predicted molar refractivity (Wildman–Crippen MR) is 114 cm³/mol. The van der Waals surface area contributed by atoms with E-state index in [9.17, 15) is 4.39 Å². The maximum Gasteiger partial charge on any atom is 0.191 e. The van der Waals surface area contributed by atoms with Gasteiger partial charge in [0.1, 0.15) is 11.6 Å². The number of nitrogens with one attached hydrogen (secondary N) is 2. The van der Waals surface area contributed by atoms with Crippen LogP contribution in [0.5, 0.6) is 5.75 Å². The lowest BCUT2D eigenvalue weighted by molar-refractivity contribution is 0.122. The number of hydrogen-bond donors (Lipinski definition) is 2. The van der Waals surface area contributed by atoms with Gasteiger partial charge >= 0.3 is 0 Å². The van der Waals surface area contributed by atoms with Gasteiger partial charge in [0.2, 0.25) is 0 Å². The quantitative estimate of drug-likeness (QED) is 0.454. The van der Waals surface area contributed by atoms with E-state index in [4.69, 9.17) is 21.7 Å². The Kier molecular flexibility index (Phi) is 6.78. The van der Waals surface area contributed by atoms with E-state index in [0.717, 1.165) is 11.4 Å². The molecule has 8 heteroatoms. The van der Waals surface area contributed by atoms with Crippen molar-refractivity contribution in [2.24, 2.45) is 5.10 Å². The van der Waals surface area contributed by atoms with E-state index in [0.29, 0.717) is 48.4 Å². The number of thiocarbonyl (C=S) groups is 1. The van der Waals surface area contributed by atoms with Crippen molar-refractivity contribution >= 4 is 34.4 Å². The van der Waals surface area contributed by atoms with Crippen molar-refractivity contribution in [3.8, 4) is 5.75 Å². The van der Waals surface area contributed by atoms with E-state index in [2.05, 4.69) is 15.8 Å². The lowest BCUT2D eigenvalue weighted by atomic mass is 10.1. The van der Waals surface area contributed by atoms with Gasteiger partial charge < -0.3 is 19.7 Å². The number of benzene rings is 2. The molecule has 148 valence electrons. The van der Waals surface area contributed by atoms with Gasteiger partial charge in [-0.3, -0.25) is 5.43 Å². The average molecular weight is 402 g/mol. The fraction of sp³-hybridized carbons (Fsp3) is 0.300.